The van der Waals surface area contributed by atoms with Gasteiger partial charge in [0.05, 0.1) is 19.6 Å². The lowest BCUT2D eigenvalue weighted by Gasteiger charge is -2.17. The third-order valence-corrected chi connectivity index (χ3v) is 4.06. The van der Waals surface area contributed by atoms with E-state index in [4.69, 9.17) is 0 Å². The molecule has 1 aromatic heterocycles. The fraction of sp³-hybridized carbons (Fsp3) is 0.267. The third kappa shape index (κ3) is 4.09. The van der Waals surface area contributed by atoms with Crippen LogP contribution in [0.1, 0.15) is 22.9 Å². The first-order chi connectivity index (χ1) is 10.1. The molecule has 1 atom stereocenters. The summed E-state index contributed by atoms with van der Waals surface area (Å²) in [4.78, 5) is 12.4. The molecule has 0 radical (unpaired) electrons. The average Bonchev–Trinajstić information content (AvgIpc) is 2.99. The van der Waals surface area contributed by atoms with Crippen molar-refractivity contribution >= 4 is 17.3 Å². The quantitative estimate of drug-likeness (QED) is 0.831. The molecule has 2 aromatic rings. The summed E-state index contributed by atoms with van der Waals surface area (Å²) in [6, 6.07) is 7.12. The normalized spacial score (nSPS) is 12.1. The molecular weight excluding hydrogens is 296 g/mol. The zero-order valence-electron chi connectivity index (χ0n) is 11.4. The predicted octanol–water partition coefficient (Wildman–Crippen LogP) is 3.42. The van der Waals surface area contributed by atoms with E-state index >= 15 is 0 Å². The van der Waals surface area contributed by atoms with E-state index < -0.39 is 11.6 Å². The summed E-state index contributed by atoms with van der Waals surface area (Å²) >= 11 is 1.47. The Morgan fingerprint density at radius 3 is 2.57 bits per heavy atom. The van der Waals surface area contributed by atoms with Crippen LogP contribution in [-0.4, -0.2) is 13.1 Å². The summed E-state index contributed by atoms with van der Waals surface area (Å²) in [7, 11) is 1.31. The third-order valence-electron chi connectivity index (χ3n) is 3.07. The summed E-state index contributed by atoms with van der Waals surface area (Å²) in [6.45, 7) is -0.00192. The van der Waals surface area contributed by atoms with Gasteiger partial charge in [0.15, 0.2) is 0 Å². The smallest absolute Gasteiger partial charge is 0.307 e. The molecule has 0 amide bonds. The van der Waals surface area contributed by atoms with Crippen LogP contribution in [0.3, 0.4) is 0 Å². The van der Waals surface area contributed by atoms with Crippen LogP contribution in [0.5, 0.6) is 0 Å². The molecule has 0 fully saturated rings. The number of esters is 1. The zero-order valence-corrected chi connectivity index (χ0v) is 12.3. The predicted molar refractivity (Wildman–Crippen MR) is 76.9 cm³/mol. The van der Waals surface area contributed by atoms with Crippen LogP contribution in [0, 0.1) is 11.6 Å². The Hall–Kier alpha value is -1.79. The van der Waals surface area contributed by atoms with Gasteiger partial charge in [0, 0.05) is 17.0 Å². The molecule has 0 saturated carbocycles. The van der Waals surface area contributed by atoms with Crippen LogP contribution in [-0.2, 0) is 16.1 Å². The van der Waals surface area contributed by atoms with E-state index in [2.05, 4.69) is 10.1 Å². The van der Waals surface area contributed by atoms with Crippen molar-refractivity contribution in [2.45, 2.75) is 19.0 Å². The molecule has 0 aliphatic heterocycles. The highest BCUT2D eigenvalue weighted by atomic mass is 32.1. The van der Waals surface area contributed by atoms with Crippen LogP contribution < -0.4 is 5.32 Å². The number of methoxy groups -OCH3 is 1. The minimum Gasteiger partial charge on any atom is -0.469 e. The molecule has 1 aromatic carbocycles. The van der Waals surface area contributed by atoms with Crippen molar-refractivity contribution in [3.8, 4) is 0 Å². The second kappa shape index (κ2) is 7.28. The number of thiophene rings is 1. The zero-order chi connectivity index (χ0) is 15.2. The number of hydrogen-bond acceptors (Lipinski definition) is 4. The van der Waals surface area contributed by atoms with Crippen molar-refractivity contribution < 1.29 is 18.3 Å². The van der Waals surface area contributed by atoms with Crippen LogP contribution in [0.15, 0.2) is 35.7 Å². The van der Waals surface area contributed by atoms with Crippen LogP contribution in [0.2, 0.25) is 0 Å². The second-order valence-corrected chi connectivity index (χ2v) is 5.41. The van der Waals surface area contributed by atoms with E-state index in [0.29, 0.717) is 0 Å². The Bertz CT molecular complexity index is 581. The van der Waals surface area contributed by atoms with Crippen molar-refractivity contribution in [2.24, 2.45) is 0 Å². The van der Waals surface area contributed by atoms with Crippen LogP contribution in [0.4, 0.5) is 8.78 Å². The van der Waals surface area contributed by atoms with Gasteiger partial charge in [-0.3, -0.25) is 4.79 Å². The molecule has 0 saturated heterocycles. The minimum atomic E-state index is -0.606. The lowest BCUT2D eigenvalue weighted by Crippen LogP contribution is -2.24. The summed E-state index contributed by atoms with van der Waals surface area (Å²) < 4.78 is 31.9. The van der Waals surface area contributed by atoms with Gasteiger partial charge >= 0.3 is 5.97 Å². The molecule has 6 heteroatoms. The van der Waals surface area contributed by atoms with Gasteiger partial charge in [-0.2, -0.15) is 0 Å². The second-order valence-electron chi connectivity index (χ2n) is 4.43. The number of nitrogens with one attached hydrogen (secondary N) is 1. The van der Waals surface area contributed by atoms with Gasteiger partial charge in [-0.25, -0.2) is 8.78 Å². The Morgan fingerprint density at radius 2 is 2.00 bits per heavy atom. The van der Waals surface area contributed by atoms with Gasteiger partial charge in [0.25, 0.3) is 0 Å². The van der Waals surface area contributed by atoms with E-state index in [9.17, 15) is 13.6 Å². The van der Waals surface area contributed by atoms with Gasteiger partial charge in [-0.15, -0.1) is 11.3 Å². The van der Waals surface area contributed by atoms with Crippen molar-refractivity contribution in [1.82, 2.24) is 5.32 Å². The van der Waals surface area contributed by atoms with Crippen LogP contribution >= 0.6 is 11.3 Å². The fourth-order valence-corrected chi connectivity index (χ4v) is 2.74. The fourth-order valence-electron chi connectivity index (χ4n) is 1.94. The van der Waals surface area contributed by atoms with Gasteiger partial charge in [0.1, 0.15) is 11.6 Å². The SMILES string of the molecule is COC(=O)CC(NCc1c(F)cccc1F)c1cccs1. The van der Waals surface area contributed by atoms with Crippen molar-refractivity contribution in [1.29, 1.82) is 0 Å². The highest BCUT2D eigenvalue weighted by Crippen LogP contribution is 2.23. The first-order valence-corrected chi connectivity index (χ1v) is 7.26. The molecule has 1 N–H and O–H groups in total. The molecule has 0 bridgehead atoms. The first-order valence-electron chi connectivity index (χ1n) is 6.38. The number of halogens is 2. The van der Waals surface area contributed by atoms with Crippen molar-refractivity contribution in [2.75, 3.05) is 7.11 Å². The van der Waals surface area contributed by atoms with E-state index in [0.717, 1.165) is 4.88 Å². The standard InChI is InChI=1S/C15H15F2NO2S/c1-20-15(19)8-13(14-6-3-7-21-14)18-9-10-11(16)4-2-5-12(10)17/h2-7,13,18H,8-9H2,1H3. The summed E-state index contributed by atoms with van der Waals surface area (Å²) in [5.74, 6) is -1.59. The number of benzene rings is 1. The number of hydrogen-bond donors (Lipinski definition) is 1. The average molecular weight is 311 g/mol. The molecule has 2 rings (SSSR count). The molecule has 0 aliphatic carbocycles. The number of ether oxygens (including phenoxy) is 1. The molecule has 0 spiro atoms. The van der Waals surface area contributed by atoms with Gasteiger partial charge < -0.3 is 10.1 Å². The van der Waals surface area contributed by atoms with Gasteiger partial charge in [-0.1, -0.05) is 12.1 Å². The number of carbonyl (C=O) groups is 1. The van der Waals surface area contributed by atoms with Gasteiger partial charge in [0.2, 0.25) is 0 Å². The molecule has 3 nitrogen and oxygen atoms in total. The lowest BCUT2D eigenvalue weighted by atomic mass is 10.1. The molecule has 112 valence electrons. The Morgan fingerprint density at radius 1 is 1.29 bits per heavy atom. The van der Waals surface area contributed by atoms with Crippen molar-refractivity contribution in [3.63, 3.8) is 0 Å². The summed E-state index contributed by atoms with van der Waals surface area (Å²) in [5.41, 5.74) is -0.0380. The molecule has 1 unspecified atom stereocenters. The molecule has 21 heavy (non-hydrogen) atoms. The Balaban J connectivity index is 2.10. The van der Waals surface area contributed by atoms with E-state index in [1.807, 2.05) is 17.5 Å². The van der Waals surface area contributed by atoms with Crippen LogP contribution in [0.25, 0.3) is 0 Å². The summed E-state index contributed by atoms with van der Waals surface area (Å²) in [5, 5.41) is 4.89. The molecule has 0 aliphatic rings. The Kier molecular flexibility index (Phi) is 5.41. The minimum absolute atomic E-state index is 0.00192. The molecule has 1 heterocycles. The molecular formula is C15H15F2NO2S. The maximum atomic E-state index is 13.6. The topological polar surface area (TPSA) is 38.3 Å². The van der Waals surface area contributed by atoms with Crippen molar-refractivity contribution in [3.05, 3.63) is 57.8 Å². The maximum Gasteiger partial charge on any atom is 0.307 e. The number of carbonyl (C=O) groups excluding carboxylic acids is 1. The maximum absolute atomic E-state index is 13.6. The van der Waals surface area contributed by atoms with E-state index in [-0.39, 0.29) is 30.5 Å². The van der Waals surface area contributed by atoms with E-state index in [1.165, 1.54) is 36.6 Å². The highest BCUT2D eigenvalue weighted by molar-refractivity contribution is 7.10. The largest absolute Gasteiger partial charge is 0.469 e. The lowest BCUT2D eigenvalue weighted by molar-refractivity contribution is -0.141. The Labute approximate surface area is 125 Å². The monoisotopic (exact) mass is 311 g/mol. The van der Waals surface area contributed by atoms with E-state index in [1.54, 1.807) is 0 Å². The number of rotatable bonds is 6. The first kappa shape index (κ1) is 15.6. The highest BCUT2D eigenvalue weighted by Gasteiger charge is 2.18. The van der Waals surface area contributed by atoms with Gasteiger partial charge in [-0.05, 0) is 23.6 Å². The summed E-state index contributed by atoms with van der Waals surface area (Å²) in [6.07, 6.45) is 0.104.